The fourth-order valence-corrected chi connectivity index (χ4v) is 3.96. The van der Waals surface area contributed by atoms with Gasteiger partial charge in [-0.25, -0.2) is 4.98 Å². The second kappa shape index (κ2) is 7.88. The average Bonchev–Trinajstić information content (AvgIpc) is 3.06. The van der Waals surface area contributed by atoms with Gasteiger partial charge in [0.2, 0.25) is 0 Å². The van der Waals surface area contributed by atoms with Crippen LogP contribution in [0.15, 0.2) is 35.7 Å². The molecule has 1 N–H and O–H groups in total. The maximum absolute atomic E-state index is 11.3. The molecule has 0 spiro atoms. The van der Waals surface area contributed by atoms with Crippen LogP contribution in [0.3, 0.4) is 0 Å². The first-order valence-corrected chi connectivity index (χ1v) is 9.24. The van der Waals surface area contributed by atoms with Gasteiger partial charge in [-0.15, -0.1) is 11.3 Å². The molecular formula is C18H23N3O2S. The van der Waals surface area contributed by atoms with Crippen LogP contribution in [0.4, 0.5) is 0 Å². The van der Waals surface area contributed by atoms with Crippen LogP contribution in [0.2, 0.25) is 0 Å². The number of rotatable bonds is 6. The Kier molecular flexibility index (Phi) is 5.60. The molecule has 5 nitrogen and oxygen atoms in total. The van der Waals surface area contributed by atoms with Gasteiger partial charge in [-0.1, -0.05) is 37.3 Å². The van der Waals surface area contributed by atoms with E-state index in [9.17, 15) is 9.90 Å². The van der Waals surface area contributed by atoms with Crippen molar-refractivity contribution >= 4 is 17.3 Å². The van der Waals surface area contributed by atoms with E-state index in [1.165, 1.54) is 0 Å². The highest BCUT2D eigenvalue weighted by Crippen LogP contribution is 2.24. The van der Waals surface area contributed by atoms with E-state index >= 15 is 0 Å². The lowest BCUT2D eigenvalue weighted by Gasteiger charge is -2.37. The fourth-order valence-electron chi connectivity index (χ4n) is 3.14. The average molecular weight is 345 g/mol. The Morgan fingerprint density at radius 3 is 2.58 bits per heavy atom. The Morgan fingerprint density at radius 2 is 1.96 bits per heavy atom. The summed E-state index contributed by atoms with van der Waals surface area (Å²) in [4.78, 5) is 20.5. The highest BCUT2D eigenvalue weighted by molar-refractivity contribution is 7.13. The van der Waals surface area contributed by atoms with Crippen molar-refractivity contribution in [2.45, 2.75) is 25.9 Å². The number of aliphatic carboxylic acids is 1. The third-order valence-electron chi connectivity index (χ3n) is 4.48. The van der Waals surface area contributed by atoms with E-state index in [0.29, 0.717) is 6.42 Å². The molecule has 128 valence electrons. The summed E-state index contributed by atoms with van der Waals surface area (Å²) in [5.41, 5.74) is 2.25. The van der Waals surface area contributed by atoms with Crippen LogP contribution < -0.4 is 0 Å². The molecule has 24 heavy (non-hydrogen) atoms. The van der Waals surface area contributed by atoms with Gasteiger partial charge in [0.25, 0.3) is 0 Å². The van der Waals surface area contributed by atoms with Crippen LogP contribution in [-0.4, -0.2) is 58.1 Å². The van der Waals surface area contributed by atoms with E-state index in [2.05, 4.69) is 27.3 Å². The lowest BCUT2D eigenvalue weighted by Crippen LogP contribution is -2.52. The van der Waals surface area contributed by atoms with Crippen molar-refractivity contribution in [3.8, 4) is 10.6 Å². The normalized spacial score (nSPS) is 17.7. The maximum Gasteiger partial charge on any atom is 0.320 e. The summed E-state index contributed by atoms with van der Waals surface area (Å²) in [6.07, 6.45) is 0.655. The van der Waals surface area contributed by atoms with Crippen molar-refractivity contribution in [3.05, 3.63) is 41.4 Å². The monoisotopic (exact) mass is 345 g/mol. The zero-order chi connectivity index (χ0) is 16.9. The highest BCUT2D eigenvalue weighted by atomic mass is 32.1. The number of hydrogen-bond donors (Lipinski definition) is 1. The zero-order valence-corrected chi connectivity index (χ0v) is 14.7. The van der Waals surface area contributed by atoms with Crippen molar-refractivity contribution in [3.63, 3.8) is 0 Å². The van der Waals surface area contributed by atoms with E-state index < -0.39 is 5.97 Å². The van der Waals surface area contributed by atoms with Gasteiger partial charge in [-0.3, -0.25) is 14.6 Å². The molecule has 2 heterocycles. The molecule has 0 saturated carbocycles. The van der Waals surface area contributed by atoms with Gasteiger partial charge in [-0.05, 0) is 6.42 Å². The summed E-state index contributed by atoms with van der Waals surface area (Å²) in [5, 5.41) is 12.5. The number of hydrogen-bond acceptors (Lipinski definition) is 5. The number of carbonyl (C=O) groups is 1. The van der Waals surface area contributed by atoms with Crippen molar-refractivity contribution in [1.82, 2.24) is 14.8 Å². The number of aromatic nitrogens is 1. The van der Waals surface area contributed by atoms with E-state index in [4.69, 9.17) is 4.98 Å². The molecule has 1 aliphatic heterocycles. The standard InChI is InChI=1S/C18H23N3O2S/c1-2-16(18(22)23)21-10-8-20(9-11-21)12-15-13-24-17(19-15)14-6-4-3-5-7-14/h3-7,13,16H,2,8-12H2,1H3,(H,22,23)/t16-/m0/s1. The Labute approximate surface area is 146 Å². The molecule has 1 saturated heterocycles. The van der Waals surface area contributed by atoms with Crippen LogP contribution in [-0.2, 0) is 11.3 Å². The smallest absolute Gasteiger partial charge is 0.320 e. The first kappa shape index (κ1) is 17.1. The number of piperazine rings is 1. The molecule has 0 bridgehead atoms. The molecule has 1 atom stereocenters. The predicted molar refractivity (Wildman–Crippen MR) is 96.1 cm³/mol. The number of nitrogens with zero attached hydrogens (tertiary/aromatic N) is 3. The van der Waals surface area contributed by atoms with E-state index in [1.807, 2.05) is 25.1 Å². The lowest BCUT2D eigenvalue weighted by molar-refractivity contribution is -0.144. The van der Waals surface area contributed by atoms with Gasteiger partial charge in [0.15, 0.2) is 0 Å². The Morgan fingerprint density at radius 1 is 1.25 bits per heavy atom. The summed E-state index contributed by atoms with van der Waals surface area (Å²) in [5.74, 6) is -0.710. The molecular weight excluding hydrogens is 322 g/mol. The quantitative estimate of drug-likeness (QED) is 0.872. The third kappa shape index (κ3) is 4.01. The van der Waals surface area contributed by atoms with Gasteiger partial charge in [0.05, 0.1) is 5.69 Å². The molecule has 0 unspecified atom stereocenters. The van der Waals surface area contributed by atoms with Crippen LogP contribution in [0.5, 0.6) is 0 Å². The largest absolute Gasteiger partial charge is 0.480 e. The summed E-state index contributed by atoms with van der Waals surface area (Å²) >= 11 is 1.68. The van der Waals surface area contributed by atoms with Crippen molar-refractivity contribution < 1.29 is 9.90 Å². The fraction of sp³-hybridized carbons (Fsp3) is 0.444. The number of carboxylic acids is 1. The molecule has 1 fully saturated rings. The van der Waals surface area contributed by atoms with Gasteiger partial charge < -0.3 is 5.11 Å². The van der Waals surface area contributed by atoms with Crippen LogP contribution in [0, 0.1) is 0 Å². The molecule has 0 aliphatic carbocycles. The summed E-state index contributed by atoms with van der Waals surface area (Å²) in [6.45, 7) is 6.16. The molecule has 0 radical (unpaired) electrons. The molecule has 1 aromatic carbocycles. The predicted octanol–water partition coefficient (Wildman–Crippen LogP) is 2.79. The van der Waals surface area contributed by atoms with Crippen LogP contribution in [0.1, 0.15) is 19.0 Å². The summed E-state index contributed by atoms with van der Waals surface area (Å²) < 4.78 is 0. The second-order valence-corrected chi connectivity index (χ2v) is 6.94. The summed E-state index contributed by atoms with van der Waals surface area (Å²) in [6, 6.07) is 9.88. The van der Waals surface area contributed by atoms with Crippen LogP contribution in [0.25, 0.3) is 10.6 Å². The van der Waals surface area contributed by atoms with Gasteiger partial charge >= 0.3 is 5.97 Å². The molecule has 1 aromatic heterocycles. The van der Waals surface area contributed by atoms with Gasteiger partial charge in [0.1, 0.15) is 11.0 Å². The molecule has 6 heteroatoms. The number of benzene rings is 1. The molecule has 3 rings (SSSR count). The Bertz CT molecular complexity index is 666. The first-order chi connectivity index (χ1) is 11.7. The van der Waals surface area contributed by atoms with Crippen molar-refractivity contribution in [2.75, 3.05) is 26.2 Å². The van der Waals surface area contributed by atoms with E-state index in [-0.39, 0.29) is 6.04 Å². The minimum Gasteiger partial charge on any atom is -0.480 e. The van der Waals surface area contributed by atoms with Gasteiger partial charge in [-0.2, -0.15) is 0 Å². The van der Waals surface area contributed by atoms with Crippen molar-refractivity contribution in [2.24, 2.45) is 0 Å². The third-order valence-corrected chi connectivity index (χ3v) is 5.42. The number of thiazole rings is 1. The zero-order valence-electron chi connectivity index (χ0n) is 13.9. The van der Waals surface area contributed by atoms with Crippen LogP contribution >= 0.6 is 11.3 Å². The summed E-state index contributed by atoms with van der Waals surface area (Å²) in [7, 11) is 0. The minimum atomic E-state index is -0.710. The molecule has 1 aliphatic rings. The SMILES string of the molecule is CC[C@@H](C(=O)O)N1CCN(Cc2csc(-c3ccccc3)n2)CC1. The second-order valence-electron chi connectivity index (χ2n) is 6.08. The highest BCUT2D eigenvalue weighted by Gasteiger charge is 2.27. The first-order valence-electron chi connectivity index (χ1n) is 8.36. The Hall–Kier alpha value is -1.76. The van der Waals surface area contributed by atoms with Gasteiger partial charge in [0, 0.05) is 43.7 Å². The van der Waals surface area contributed by atoms with E-state index in [1.54, 1.807) is 11.3 Å². The maximum atomic E-state index is 11.3. The molecule has 2 aromatic rings. The minimum absolute atomic E-state index is 0.351. The Balaban J connectivity index is 1.55. The lowest BCUT2D eigenvalue weighted by atomic mass is 10.1. The molecule has 0 amide bonds. The topological polar surface area (TPSA) is 56.7 Å². The van der Waals surface area contributed by atoms with E-state index in [0.717, 1.165) is 49.0 Å². The number of carboxylic acid groups (broad SMARTS) is 1. The van der Waals surface area contributed by atoms with Crippen molar-refractivity contribution in [1.29, 1.82) is 0 Å².